The van der Waals surface area contributed by atoms with Crippen molar-refractivity contribution in [3.8, 4) is 22.1 Å². The van der Waals surface area contributed by atoms with Crippen molar-refractivity contribution in [3.63, 3.8) is 0 Å². The van der Waals surface area contributed by atoms with E-state index in [4.69, 9.17) is 4.74 Å². The van der Waals surface area contributed by atoms with Gasteiger partial charge in [-0.05, 0) is 42.6 Å². The number of rotatable bonds is 7. The number of ether oxygens (including phenoxy) is 1. The van der Waals surface area contributed by atoms with E-state index in [0.29, 0.717) is 16.6 Å². The molecule has 30 heavy (non-hydrogen) atoms. The zero-order valence-electron chi connectivity index (χ0n) is 16.5. The van der Waals surface area contributed by atoms with Gasteiger partial charge in [-0.2, -0.15) is 0 Å². The molecule has 0 aliphatic carbocycles. The van der Waals surface area contributed by atoms with Crippen molar-refractivity contribution >= 4 is 34.7 Å². The number of aryl methyl sites for hydroxylation is 1. The molecule has 0 fully saturated rings. The lowest BCUT2D eigenvalue weighted by Gasteiger charge is -2.11. The van der Waals surface area contributed by atoms with Crippen molar-refractivity contribution in [2.45, 2.75) is 12.1 Å². The largest absolute Gasteiger partial charge is 0.495 e. The monoisotopic (exact) mass is 436 g/mol. The molecule has 1 N–H and O–H groups in total. The first-order valence-electron chi connectivity index (χ1n) is 9.27. The van der Waals surface area contributed by atoms with Crippen molar-refractivity contribution < 1.29 is 9.53 Å². The summed E-state index contributed by atoms with van der Waals surface area (Å²) in [6.45, 7) is 2.05. The maximum absolute atomic E-state index is 12.5. The van der Waals surface area contributed by atoms with Crippen LogP contribution in [0, 0.1) is 6.92 Å². The Kier molecular flexibility index (Phi) is 6.15. The minimum Gasteiger partial charge on any atom is -0.495 e. The molecule has 0 radical (unpaired) electrons. The molecule has 152 valence electrons. The number of anilines is 1. The Labute approximate surface area is 182 Å². The highest BCUT2D eigenvalue weighted by atomic mass is 32.2. The van der Waals surface area contributed by atoms with Crippen molar-refractivity contribution in [1.82, 2.24) is 14.8 Å². The van der Waals surface area contributed by atoms with E-state index in [1.807, 2.05) is 65.4 Å². The third-order valence-electron chi connectivity index (χ3n) is 4.38. The van der Waals surface area contributed by atoms with Gasteiger partial charge < -0.3 is 10.1 Å². The highest BCUT2D eigenvalue weighted by Crippen LogP contribution is 2.31. The molecule has 0 unspecified atom stereocenters. The summed E-state index contributed by atoms with van der Waals surface area (Å²) in [6, 6.07) is 19.5. The van der Waals surface area contributed by atoms with E-state index in [1.54, 1.807) is 18.4 Å². The lowest BCUT2D eigenvalue weighted by molar-refractivity contribution is -0.113. The first kappa shape index (κ1) is 20.2. The molecule has 2 aromatic carbocycles. The third-order valence-corrected chi connectivity index (χ3v) is 6.18. The topological polar surface area (TPSA) is 69.0 Å². The zero-order valence-corrected chi connectivity index (χ0v) is 18.2. The fourth-order valence-corrected chi connectivity index (χ4v) is 4.37. The second-order valence-corrected chi connectivity index (χ2v) is 8.38. The normalized spacial score (nSPS) is 10.7. The lowest BCUT2D eigenvalue weighted by atomic mass is 10.2. The number of hydrogen-bond donors (Lipinski definition) is 1. The Bertz CT molecular complexity index is 1140. The molecule has 0 spiro atoms. The second-order valence-electron chi connectivity index (χ2n) is 6.49. The van der Waals surface area contributed by atoms with Crippen LogP contribution in [0.15, 0.2) is 71.2 Å². The number of thiophene rings is 1. The summed E-state index contributed by atoms with van der Waals surface area (Å²) in [5.74, 6) is 1.45. The van der Waals surface area contributed by atoms with Gasteiger partial charge in [0.05, 0.1) is 23.4 Å². The van der Waals surface area contributed by atoms with E-state index < -0.39 is 0 Å². The maximum Gasteiger partial charge on any atom is 0.234 e. The summed E-state index contributed by atoms with van der Waals surface area (Å²) in [6.07, 6.45) is 0. The minimum atomic E-state index is -0.138. The predicted molar refractivity (Wildman–Crippen MR) is 122 cm³/mol. The first-order valence-corrected chi connectivity index (χ1v) is 11.1. The van der Waals surface area contributed by atoms with E-state index in [-0.39, 0.29) is 11.7 Å². The summed E-state index contributed by atoms with van der Waals surface area (Å²) in [4.78, 5) is 13.6. The molecule has 4 rings (SSSR count). The van der Waals surface area contributed by atoms with E-state index in [2.05, 4.69) is 27.6 Å². The standard InChI is InChI=1S/C22H20N4O2S2/c1-15-9-11-16(12-10-15)26-21(19-8-5-13-29-19)24-25-22(26)30-14-20(27)23-17-6-3-4-7-18(17)28-2/h3-13H,14H2,1-2H3,(H,23,27). The van der Waals surface area contributed by atoms with Gasteiger partial charge >= 0.3 is 0 Å². The predicted octanol–water partition coefficient (Wildman–Crippen LogP) is 5.04. The van der Waals surface area contributed by atoms with Crippen LogP contribution in [0.3, 0.4) is 0 Å². The van der Waals surface area contributed by atoms with Gasteiger partial charge in [-0.25, -0.2) is 0 Å². The maximum atomic E-state index is 12.5. The van der Waals surface area contributed by atoms with Gasteiger partial charge in [0.15, 0.2) is 11.0 Å². The van der Waals surface area contributed by atoms with Crippen molar-refractivity contribution in [2.75, 3.05) is 18.2 Å². The van der Waals surface area contributed by atoms with Crippen LogP contribution in [0.2, 0.25) is 0 Å². The van der Waals surface area contributed by atoms with Gasteiger partial charge in [0.2, 0.25) is 5.91 Å². The first-order chi connectivity index (χ1) is 14.7. The number of carbonyl (C=O) groups excluding carboxylic acids is 1. The Balaban J connectivity index is 1.57. The molecule has 8 heteroatoms. The fourth-order valence-electron chi connectivity index (χ4n) is 2.92. The van der Waals surface area contributed by atoms with E-state index in [9.17, 15) is 4.79 Å². The highest BCUT2D eigenvalue weighted by Gasteiger charge is 2.18. The molecule has 2 aromatic heterocycles. The number of amides is 1. The van der Waals surface area contributed by atoms with Crippen LogP contribution in [-0.2, 0) is 4.79 Å². The molecule has 1 amide bonds. The molecule has 0 atom stereocenters. The molecule has 0 bridgehead atoms. The third kappa shape index (κ3) is 4.39. The van der Waals surface area contributed by atoms with E-state index in [0.717, 1.165) is 16.4 Å². The Morgan fingerprint density at radius 1 is 1.10 bits per heavy atom. The molecule has 0 saturated carbocycles. The smallest absolute Gasteiger partial charge is 0.234 e. The van der Waals surface area contributed by atoms with Crippen LogP contribution >= 0.6 is 23.1 Å². The van der Waals surface area contributed by atoms with Crippen molar-refractivity contribution in [2.24, 2.45) is 0 Å². The fraction of sp³-hybridized carbons (Fsp3) is 0.136. The van der Waals surface area contributed by atoms with E-state index in [1.165, 1.54) is 17.3 Å². The molecule has 6 nitrogen and oxygen atoms in total. The molecule has 2 heterocycles. The lowest BCUT2D eigenvalue weighted by Crippen LogP contribution is -2.15. The number of carbonyl (C=O) groups is 1. The molecule has 0 saturated heterocycles. The van der Waals surface area contributed by atoms with Crippen LogP contribution in [-0.4, -0.2) is 33.5 Å². The summed E-state index contributed by atoms with van der Waals surface area (Å²) < 4.78 is 7.29. The summed E-state index contributed by atoms with van der Waals surface area (Å²) in [5.41, 5.74) is 2.78. The summed E-state index contributed by atoms with van der Waals surface area (Å²) in [7, 11) is 1.58. The highest BCUT2D eigenvalue weighted by molar-refractivity contribution is 7.99. The number of nitrogens with one attached hydrogen (secondary N) is 1. The van der Waals surface area contributed by atoms with Crippen molar-refractivity contribution in [1.29, 1.82) is 0 Å². The van der Waals surface area contributed by atoms with Gasteiger partial charge in [0.1, 0.15) is 5.75 Å². The molecule has 0 aliphatic heterocycles. The molecular formula is C22H20N4O2S2. The van der Waals surface area contributed by atoms with Crippen LogP contribution in [0.4, 0.5) is 5.69 Å². The SMILES string of the molecule is COc1ccccc1NC(=O)CSc1nnc(-c2cccs2)n1-c1ccc(C)cc1. The number of thioether (sulfide) groups is 1. The van der Waals surface area contributed by atoms with Gasteiger partial charge in [-0.3, -0.25) is 9.36 Å². The zero-order chi connectivity index (χ0) is 20.9. The number of para-hydroxylation sites is 2. The molecule has 0 aliphatic rings. The van der Waals surface area contributed by atoms with Gasteiger partial charge in [0, 0.05) is 5.69 Å². The Morgan fingerprint density at radius 2 is 1.90 bits per heavy atom. The van der Waals surface area contributed by atoms with Gasteiger partial charge in [-0.1, -0.05) is 47.7 Å². The minimum absolute atomic E-state index is 0.138. The second kappa shape index (κ2) is 9.15. The van der Waals surface area contributed by atoms with Crippen LogP contribution in [0.25, 0.3) is 16.4 Å². The van der Waals surface area contributed by atoms with Crippen LogP contribution in [0.1, 0.15) is 5.56 Å². The quantitative estimate of drug-likeness (QED) is 0.411. The summed E-state index contributed by atoms with van der Waals surface area (Å²) >= 11 is 2.95. The van der Waals surface area contributed by atoms with Crippen LogP contribution in [0.5, 0.6) is 5.75 Å². The number of hydrogen-bond acceptors (Lipinski definition) is 6. The number of nitrogens with zero attached hydrogens (tertiary/aromatic N) is 3. The number of benzene rings is 2. The van der Waals surface area contributed by atoms with Crippen LogP contribution < -0.4 is 10.1 Å². The Morgan fingerprint density at radius 3 is 2.63 bits per heavy atom. The Hall–Kier alpha value is -3.10. The van der Waals surface area contributed by atoms with Gasteiger partial charge in [0.25, 0.3) is 0 Å². The molecule has 4 aromatic rings. The van der Waals surface area contributed by atoms with Gasteiger partial charge in [-0.15, -0.1) is 21.5 Å². The molecular weight excluding hydrogens is 416 g/mol. The number of methoxy groups -OCH3 is 1. The van der Waals surface area contributed by atoms with E-state index >= 15 is 0 Å². The average Bonchev–Trinajstić information content (AvgIpc) is 3.43. The summed E-state index contributed by atoms with van der Waals surface area (Å²) in [5, 5.41) is 14.3. The average molecular weight is 437 g/mol. The number of aromatic nitrogens is 3. The van der Waals surface area contributed by atoms with Crippen molar-refractivity contribution in [3.05, 3.63) is 71.6 Å².